The molecule has 5 nitrogen and oxygen atoms in total. The van der Waals surface area contributed by atoms with E-state index in [-0.39, 0.29) is 11.3 Å². The molecule has 1 spiro atoms. The Hall–Kier alpha value is -0.650. The zero-order valence-corrected chi connectivity index (χ0v) is 10.4. The number of likely N-dealkylation sites (tertiary alicyclic amines) is 1. The van der Waals surface area contributed by atoms with Gasteiger partial charge in [-0.15, -0.1) is 0 Å². The van der Waals surface area contributed by atoms with Crippen molar-refractivity contribution in [2.75, 3.05) is 46.6 Å². The van der Waals surface area contributed by atoms with E-state index in [1.807, 2.05) is 0 Å². The van der Waals surface area contributed by atoms with Gasteiger partial charge in [-0.2, -0.15) is 0 Å². The summed E-state index contributed by atoms with van der Waals surface area (Å²) >= 11 is 0. The minimum atomic E-state index is -0.660. The van der Waals surface area contributed by atoms with Gasteiger partial charge in [0.2, 0.25) is 0 Å². The van der Waals surface area contributed by atoms with E-state index >= 15 is 0 Å². The highest BCUT2D eigenvalue weighted by Gasteiger charge is 2.50. The van der Waals surface area contributed by atoms with Crippen molar-refractivity contribution in [1.82, 2.24) is 4.90 Å². The van der Waals surface area contributed by atoms with Gasteiger partial charge in [0.1, 0.15) is 0 Å². The molecule has 0 unspecified atom stereocenters. The summed E-state index contributed by atoms with van der Waals surface area (Å²) in [5.41, 5.74) is -0.0716. The number of carboxylic acids is 1. The largest absolute Gasteiger partial charge is 0.481 e. The molecule has 0 bridgehead atoms. The molecular weight excluding hydrogens is 222 g/mol. The maximum Gasteiger partial charge on any atom is 0.308 e. The van der Waals surface area contributed by atoms with Crippen LogP contribution in [-0.4, -0.2) is 62.5 Å². The number of carbonyl (C=O) groups is 1. The van der Waals surface area contributed by atoms with Gasteiger partial charge in [-0.1, -0.05) is 0 Å². The molecular formula is C12H21NO4. The van der Waals surface area contributed by atoms with Crippen LogP contribution in [0.3, 0.4) is 0 Å². The molecule has 2 aliphatic rings. The first-order chi connectivity index (χ1) is 8.18. The van der Waals surface area contributed by atoms with Gasteiger partial charge in [0, 0.05) is 45.4 Å². The summed E-state index contributed by atoms with van der Waals surface area (Å²) in [4.78, 5) is 13.6. The van der Waals surface area contributed by atoms with Gasteiger partial charge >= 0.3 is 5.97 Å². The fourth-order valence-corrected chi connectivity index (χ4v) is 3.09. The molecule has 0 aromatic rings. The van der Waals surface area contributed by atoms with Crippen LogP contribution in [0.25, 0.3) is 0 Å². The minimum absolute atomic E-state index is 0.0716. The fraction of sp³-hybridized carbons (Fsp3) is 0.917. The highest BCUT2D eigenvalue weighted by atomic mass is 16.5. The van der Waals surface area contributed by atoms with Crippen LogP contribution in [0.15, 0.2) is 0 Å². The molecule has 5 heteroatoms. The van der Waals surface area contributed by atoms with Crippen LogP contribution < -0.4 is 0 Å². The van der Waals surface area contributed by atoms with Crippen molar-refractivity contribution in [2.24, 2.45) is 11.3 Å². The van der Waals surface area contributed by atoms with Gasteiger partial charge in [0.25, 0.3) is 0 Å². The lowest BCUT2D eigenvalue weighted by Gasteiger charge is -2.36. The Bertz CT molecular complexity index is 276. The molecule has 2 aliphatic heterocycles. The topological polar surface area (TPSA) is 59.0 Å². The summed E-state index contributed by atoms with van der Waals surface area (Å²) in [5, 5.41) is 9.38. The van der Waals surface area contributed by atoms with Crippen LogP contribution in [0.1, 0.15) is 12.8 Å². The first-order valence-corrected chi connectivity index (χ1v) is 6.20. The number of aliphatic carboxylic acids is 1. The molecule has 2 heterocycles. The van der Waals surface area contributed by atoms with E-state index in [9.17, 15) is 9.90 Å². The second kappa shape index (κ2) is 5.33. The Morgan fingerprint density at radius 2 is 2.24 bits per heavy atom. The van der Waals surface area contributed by atoms with E-state index in [1.54, 1.807) is 7.11 Å². The quantitative estimate of drug-likeness (QED) is 0.776. The molecule has 0 aromatic heterocycles. The maximum atomic E-state index is 11.4. The molecule has 1 atom stereocenters. The van der Waals surface area contributed by atoms with Crippen molar-refractivity contribution in [2.45, 2.75) is 12.8 Å². The summed E-state index contributed by atoms with van der Waals surface area (Å²) in [6, 6.07) is 0. The number of nitrogens with zero attached hydrogens (tertiary/aromatic N) is 1. The standard InChI is InChI=1S/C12H21NO4/c1-16-7-4-13-8-10(11(14)15)12(9-13)2-5-17-6-3-12/h10H,2-9H2,1H3,(H,14,15)/t10-/m1/s1. The molecule has 0 aromatic carbocycles. The van der Waals surface area contributed by atoms with Crippen molar-refractivity contribution in [1.29, 1.82) is 0 Å². The second-order valence-electron chi connectivity index (χ2n) is 5.09. The van der Waals surface area contributed by atoms with E-state index in [0.29, 0.717) is 26.4 Å². The first-order valence-electron chi connectivity index (χ1n) is 6.20. The zero-order valence-electron chi connectivity index (χ0n) is 10.4. The lowest BCUT2D eigenvalue weighted by atomic mass is 9.72. The van der Waals surface area contributed by atoms with E-state index < -0.39 is 5.97 Å². The predicted octanol–water partition coefficient (Wildman–Crippen LogP) is 0.446. The SMILES string of the molecule is COCCN1C[C@H](C(=O)O)C2(CCOCC2)C1. The van der Waals surface area contributed by atoms with Crippen molar-refractivity contribution in [3.8, 4) is 0 Å². The molecule has 98 valence electrons. The number of hydrogen-bond donors (Lipinski definition) is 1. The van der Waals surface area contributed by atoms with Crippen molar-refractivity contribution >= 4 is 5.97 Å². The van der Waals surface area contributed by atoms with Gasteiger partial charge in [0.15, 0.2) is 0 Å². The van der Waals surface area contributed by atoms with Gasteiger partial charge in [-0.25, -0.2) is 0 Å². The number of rotatable bonds is 4. The fourth-order valence-electron chi connectivity index (χ4n) is 3.09. The Morgan fingerprint density at radius 1 is 1.53 bits per heavy atom. The highest BCUT2D eigenvalue weighted by molar-refractivity contribution is 5.72. The average Bonchev–Trinajstić information content (AvgIpc) is 2.66. The van der Waals surface area contributed by atoms with Crippen molar-refractivity contribution in [3.05, 3.63) is 0 Å². The number of carboxylic acid groups (broad SMARTS) is 1. The van der Waals surface area contributed by atoms with Crippen LogP contribution in [-0.2, 0) is 14.3 Å². The second-order valence-corrected chi connectivity index (χ2v) is 5.09. The summed E-state index contributed by atoms with van der Waals surface area (Å²) in [6.45, 7) is 4.40. The van der Waals surface area contributed by atoms with E-state index in [1.165, 1.54) is 0 Å². The summed E-state index contributed by atoms with van der Waals surface area (Å²) in [7, 11) is 1.68. The monoisotopic (exact) mass is 243 g/mol. The van der Waals surface area contributed by atoms with Crippen LogP contribution in [0.5, 0.6) is 0 Å². The Kier molecular flexibility index (Phi) is 4.01. The van der Waals surface area contributed by atoms with E-state index in [4.69, 9.17) is 9.47 Å². The molecule has 1 N–H and O–H groups in total. The molecule has 0 aliphatic carbocycles. The third-order valence-corrected chi connectivity index (χ3v) is 4.12. The van der Waals surface area contributed by atoms with Gasteiger partial charge in [0.05, 0.1) is 12.5 Å². The van der Waals surface area contributed by atoms with Gasteiger partial charge < -0.3 is 14.6 Å². The summed E-state index contributed by atoms with van der Waals surface area (Å²) < 4.78 is 10.4. The normalized spacial score (nSPS) is 28.6. The Labute approximate surface area is 102 Å². The number of ether oxygens (including phenoxy) is 2. The van der Waals surface area contributed by atoms with Crippen LogP contribution in [0.4, 0.5) is 0 Å². The van der Waals surface area contributed by atoms with Gasteiger partial charge in [-0.05, 0) is 12.8 Å². The number of hydrogen-bond acceptors (Lipinski definition) is 4. The van der Waals surface area contributed by atoms with Gasteiger partial charge in [-0.3, -0.25) is 9.69 Å². The average molecular weight is 243 g/mol. The van der Waals surface area contributed by atoms with Crippen LogP contribution in [0, 0.1) is 11.3 Å². The molecule has 0 radical (unpaired) electrons. The smallest absolute Gasteiger partial charge is 0.308 e. The summed E-state index contributed by atoms with van der Waals surface area (Å²) in [5.74, 6) is -0.907. The lowest BCUT2D eigenvalue weighted by Crippen LogP contribution is -2.40. The van der Waals surface area contributed by atoms with Crippen molar-refractivity contribution in [3.63, 3.8) is 0 Å². The Morgan fingerprint density at radius 3 is 2.82 bits per heavy atom. The van der Waals surface area contributed by atoms with Crippen LogP contribution in [0.2, 0.25) is 0 Å². The maximum absolute atomic E-state index is 11.4. The minimum Gasteiger partial charge on any atom is -0.481 e. The molecule has 17 heavy (non-hydrogen) atoms. The molecule has 2 fully saturated rings. The molecule has 0 saturated carbocycles. The molecule has 0 amide bonds. The van der Waals surface area contributed by atoms with Crippen LogP contribution >= 0.6 is 0 Å². The third-order valence-electron chi connectivity index (χ3n) is 4.12. The molecule has 2 rings (SSSR count). The number of methoxy groups -OCH3 is 1. The lowest BCUT2D eigenvalue weighted by molar-refractivity contribution is -0.146. The van der Waals surface area contributed by atoms with Crippen molar-refractivity contribution < 1.29 is 19.4 Å². The van der Waals surface area contributed by atoms with E-state index in [0.717, 1.165) is 25.9 Å². The zero-order chi connectivity index (χ0) is 12.3. The Balaban J connectivity index is 2.04. The highest BCUT2D eigenvalue weighted by Crippen LogP contribution is 2.44. The predicted molar refractivity (Wildman–Crippen MR) is 61.9 cm³/mol. The third kappa shape index (κ3) is 2.61. The molecule has 2 saturated heterocycles. The first kappa shape index (κ1) is 12.8. The summed E-state index contributed by atoms with van der Waals surface area (Å²) in [6.07, 6.45) is 1.74. The van der Waals surface area contributed by atoms with E-state index in [2.05, 4.69) is 4.90 Å².